The van der Waals surface area contributed by atoms with Gasteiger partial charge < -0.3 is 10.6 Å². The SMILES string of the molecule is Cc1ccc(NCC(=O)NC(=O)Nc2cccc(C)c2C)cc1S(=O)(=O)N1CCCCC1. The second kappa shape index (κ2) is 10.1. The summed E-state index contributed by atoms with van der Waals surface area (Å²) in [6.07, 6.45) is 2.76. The molecule has 2 aromatic carbocycles. The predicted octanol–water partition coefficient (Wildman–Crippen LogP) is 3.55. The molecular formula is C23H30N4O4S. The third-order valence-corrected chi connectivity index (χ3v) is 7.72. The van der Waals surface area contributed by atoms with Gasteiger partial charge in [0, 0.05) is 24.5 Å². The van der Waals surface area contributed by atoms with E-state index in [0.717, 1.165) is 30.4 Å². The maximum Gasteiger partial charge on any atom is 0.325 e. The Morgan fingerprint density at radius 1 is 0.969 bits per heavy atom. The molecule has 0 atom stereocenters. The van der Waals surface area contributed by atoms with E-state index in [4.69, 9.17) is 0 Å². The van der Waals surface area contributed by atoms with E-state index in [9.17, 15) is 18.0 Å². The second-order valence-corrected chi connectivity index (χ2v) is 9.95. The van der Waals surface area contributed by atoms with Crippen molar-refractivity contribution in [3.63, 3.8) is 0 Å². The number of sulfonamides is 1. The molecule has 172 valence electrons. The molecule has 0 aromatic heterocycles. The Kier molecular flexibility index (Phi) is 7.52. The summed E-state index contributed by atoms with van der Waals surface area (Å²) in [5.41, 5.74) is 3.74. The Balaban J connectivity index is 1.60. The second-order valence-electron chi connectivity index (χ2n) is 8.05. The molecule has 1 aliphatic rings. The molecule has 32 heavy (non-hydrogen) atoms. The van der Waals surface area contributed by atoms with Gasteiger partial charge in [-0.3, -0.25) is 10.1 Å². The third-order valence-electron chi connectivity index (χ3n) is 5.68. The van der Waals surface area contributed by atoms with Crippen LogP contribution in [0.4, 0.5) is 16.2 Å². The van der Waals surface area contributed by atoms with Crippen molar-refractivity contribution in [3.05, 3.63) is 53.1 Å². The summed E-state index contributed by atoms with van der Waals surface area (Å²) in [6, 6.07) is 9.88. The molecule has 0 radical (unpaired) electrons. The van der Waals surface area contributed by atoms with Gasteiger partial charge in [0.2, 0.25) is 15.9 Å². The van der Waals surface area contributed by atoms with Crippen molar-refractivity contribution in [3.8, 4) is 0 Å². The maximum absolute atomic E-state index is 13.0. The molecule has 0 bridgehead atoms. The zero-order valence-electron chi connectivity index (χ0n) is 18.7. The molecule has 1 saturated heterocycles. The number of aryl methyl sites for hydroxylation is 2. The zero-order chi connectivity index (χ0) is 23.3. The average molecular weight is 459 g/mol. The third kappa shape index (κ3) is 5.66. The van der Waals surface area contributed by atoms with Gasteiger partial charge in [0.15, 0.2) is 0 Å². The van der Waals surface area contributed by atoms with Gasteiger partial charge in [0.05, 0.1) is 11.4 Å². The van der Waals surface area contributed by atoms with E-state index in [1.165, 1.54) is 4.31 Å². The summed E-state index contributed by atoms with van der Waals surface area (Å²) in [7, 11) is -3.59. The largest absolute Gasteiger partial charge is 0.376 e. The van der Waals surface area contributed by atoms with Crippen molar-refractivity contribution < 1.29 is 18.0 Å². The first-order chi connectivity index (χ1) is 15.2. The minimum Gasteiger partial charge on any atom is -0.376 e. The lowest BCUT2D eigenvalue weighted by molar-refractivity contribution is -0.118. The van der Waals surface area contributed by atoms with Gasteiger partial charge in [-0.15, -0.1) is 0 Å². The van der Waals surface area contributed by atoms with Gasteiger partial charge in [0.1, 0.15) is 0 Å². The van der Waals surface area contributed by atoms with Crippen LogP contribution in [0.15, 0.2) is 41.3 Å². The Labute approximate surface area is 189 Å². The predicted molar refractivity (Wildman–Crippen MR) is 125 cm³/mol. The molecule has 3 N–H and O–H groups in total. The highest BCUT2D eigenvalue weighted by atomic mass is 32.2. The van der Waals surface area contributed by atoms with E-state index in [2.05, 4.69) is 16.0 Å². The minimum absolute atomic E-state index is 0.174. The van der Waals surface area contributed by atoms with Gasteiger partial charge in [-0.05, 0) is 68.5 Å². The first kappa shape index (κ1) is 23.7. The topological polar surface area (TPSA) is 108 Å². The molecule has 8 nitrogen and oxygen atoms in total. The van der Waals surface area contributed by atoms with E-state index in [1.807, 2.05) is 26.0 Å². The number of hydrogen-bond acceptors (Lipinski definition) is 5. The quantitative estimate of drug-likeness (QED) is 0.614. The van der Waals surface area contributed by atoms with Gasteiger partial charge in [-0.1, -0.05) is 24.6 Å². The van der Waals surface area contributed by atoms with E-state index in [-0.39, 0.29) is 11.4 Å². The summed E-state index contributed by atoms with van der Waals surface area (Å²) < 4.78 is 27.6. The van der Waals surface area contributed by atoms with Crippen molar-refractivity contribution in [2.45, 2.75) is 44.9 Å². The van der Waals surface area contributed by atoms with Crippen molar-refractivity contribution in [1.29, 1.82) is 0 Å². The number of imide groups is 1. The van der Waals surface area contributed by atoms with Gasteiger partial charge in [-0.25, -0.2) is 13.2 Å². The van der Waals surface area contributed by atoms with E-state index >= 15 is 0 Å². The highest BCUT2D eigenvalue weighted by molar-refractivity contribution is 7.89. The fourth-order valence-electron chi connectivity index (χ4n) is 3.63. The number of rotatable bonds is 6. The van der Waals surface area contributed by atoms with Crippen LogP contribution >= 0.6 is 0 Å². The molecule has 3 rings (SSSR count). The first-order valence-corrected chi connectivity index (χ1v) is 12.1. The van der Waals surface area contributed by atoms with Crippen LogP contribution in [0.2, 0.25) is 0 Å². The molecule has 9 heteroatoms. The fraction of sp³-hybridized carbons (Fsp3) is 0.391. The lowest BCUT2D eigenvalue weighted by Crippen LogP contribution is -2.38. The molecule has 0 saturated carbocycles. The van der Waals surface area contributed by atoms with Crippen molar-refractivity contribution in [1.82, 2.24) is 9.62 Å². The lowest BCUT2D eigenvalue weighted by atomic mass is 10.1. The molecule has 2 aromatic rings. The number of hydrogen-bond donors (Lipinski definition) is 3. The Morgan fingerprint density at radius 3 is 2.41 bits per heavy atom. The van der Waals surface area contributed by atoms with Crippen LogP contribution in [0.3, 0.4) is 0 Å². The number of nitrogens with one attached hydrogen (secondary N) is 3. The summed E-state index contributed by atoms with van der Waals surface area (Å²) >= 11 is 0. The van der Waals surface area contributed by atoms with E-state index in [0.29, 0.717) is 30.0 Å². The van der Waals surface area contributed by atoms with E-state index in [1.54, 1.807) is 31.2 Å². The fourth-order valence-corrected chi connectivity index (χ4v) is 5.39. The number of urea groups is 1. The molecule has 0 spiro atoms. The number of piperidine rings is 1. The first-order valence-electron chi connectivity index (χ1n) is 10.7. The van der Waals surface area contributed by atoms with Crippen LogP contribution in [0.5, 0.6) is 0 Å². The standard InChI is InChI=1S/C23H30N4O4S/c1-16-8-7-9-20(18(16)3)25-23(29)26-22(28)15-24-19-11-10-17(2)21(14-19)32(30,31)27-12-5-4-6-13-27/h7-11,14,24H,4-6,12-13,15H2,1-3H3,(H2,25,26,28,29). The molecule has 1 fully saturated rings. The number of nitrogens with zero attached hydrogens (tertiary/aromatic N) is 1. The molecule has 1 heterocycles. The Hall–Kier alpha value is -2.91. The molecule has 0 unspecified atom stereocenters. The lowest BCUT2D eigenvalue weighted by Gasteiger charge is -2.26. The van der Waals surface area contributed by atoms with Crippen molar-refractivity contribution in [2.75, 3.05) is 30.3 Å². The zero-order valence-corrected chi connectivity index (χ0v) is 19.5. The maximum atomic E-state index is 13.0. The van der Waals surface area contributed by atoms with Crippen LogP contribution in [0.25, 0.3) is 0 Å². The summed E-state index contributed by atoms with van der Waals surface area (Å²) in [6.45, 7) is 6.46. The highest BCUT2D eigenvalue weighted by Gasteiger charge is 2.27. The minimum atomic E-state index is -3.59. The van der Waals surface area contributed by atoms with E-state index < -0.39 is 22.0 Å². The monoisotopic (exact) mass is 458 g/mol. The van der Waals surface area contributed by atoms with Crippen LogP contribution in [0, 0.1) is 20.8 Å². The summed E-state index contributed by atoms with van der Waals surface area (Å²) in [5.74, 6) is -0.534. The molecular weight excluding hydrogens is 428 g/mol. The smallest absolute Gasteiger partial charge is 0.325 e. The normalized spacial score (nSPS) is 14.6. The van der Waals surface area contributed by atoms with Gasteiger partial charge in [0.25, 0.3) is 0 Å². The van der Waals surface area contributed by atoms with Crippen LogP contribution < -0.4 is 16.0 Å². The van der Waals surface area contributed by atoms with Crippen LogP contribution in [-0.2, 0) is 14.8 Å². The van der Waals surface area contributed by atoms with Crippen molar-refractivity contribution in [2.24, 2.45) is 0 Å². The Bertz CT molecular complexity index is 1110. The number of amides is 3. The van der Waals surface area contributed by atoms with Crippen molar-refractivity contribution >= 4 is 33.3 Å². The number of carbonyl (C=O) groups is 2. The molecule has 1 aliphatic heterocycles. The number of benzene rings is 2. The summed E-state index contributed by atoms with van der Waals surface area (Å²) in [4.78, 5) is 24.6. The molecule has 3 amide bonds. The van der Waals surface area contributed by atoms with Gasteiger partial charge >= 0.3 is 6.03 Å². The molecule has 0 aliphatic carbocycles. The van der Waals surface area contributed by atoms with Crippen LogP contribution in [0.1, 0.15) is 36.0 Å². The number of carbonyl (C=O) groups excluding carboxylic acids is 2. The summed E-state index contributed by atoms with van der Waals surface area (Å²) in [5, 5.41) is 7.85. The average Bonchev–Trinajstić information content (AvgIpc) is 2.77. The van der Waals surface area contributed by atoms with Crippen LogP contribution in [-0.4, -0.2) is 44.3 Å². The van der Waals surface area contributed by atoms with Gasteiger partial charge in [-0.2, -0.15) is 4.31 Å². The highest BCUT2D eigenvalue weighted by Crippen LogP contribution is 2.26. The number of anilines is 2. The Morgan fingerprint density at radius 2 is 1.69 bits per heavy atom.